The highest BCUT2D eigenvalue weighted by atomic mass is 32.2. The third-order valence-corrected chi connectivity index (χ3v) is 14.4. The Hall–Kier alpha value is -4.26. The minimum atomic E-state index is -4.91. The molecule has 3 fully saturated rings. The van der Waals surface area contributed by atoms with Crippen molar-refractivity contribution in [2.45, 2.75) is 127 Å². The van der Waals surface area contributed by atoms with Crippen molar-refractivity contribution in [3.63, 3.8) is 0 Å². The van der Waals surface area contributed by atoms with Crippen LogP contribution in [0.4, 0.5) is 18.0 Å². The van der Waals surface area contributed by atoms with E-state index in [1.165, 1.54) is 16.2 Å². The lowest BCUT2D eigenvalue weighted by Gasteiger charge is -2.34. The van der Waals surface area contributed by atoms with E-state index in [2.05, 4.69) is 25.3 Å². The molecule has 2 aliphatic heterocycles. The first-order chi connectivity index (χ1) is 26.5. The lowest BCUT2D eigenvalue weighted by Crippen LogP contribution is -2.59. The highest BCUT2D eigenvalue weighted by Crippen LogP contribution is 2.48. The number of alkyl halides is 3. The van der Waals surface area contributed by atoms with Crippen molar-refractivity contribution in [1.29, 1.82) is 0 Å². The van der Waals surface area contributed by atoms with E-state index in [1.54, 1.807) is 50.7 Å². The van der Waals surface area contributed by atoms with Gasteiger partial charge in [0.2, 0.25) is 27.4 Å². The summed E-state index contributed by atoms with van der Waals surface area (Å²) in [4.78, 5) is 66.8. The monoisotopic (exact) mass is 844 g/mol. The number of carbonyl (C=O) groups excluding carboxylic acids is 4. The fraction of sp³-hybridized carbons (Fsp3) is 0.632. The average molecular weight is 845 g/mol. The van der Waals surface area contributed by atoms with Crippen LogP contribution in [-0.4, -0.2) is 93.9 Å². The molecule has 2 aromatic rings. The fourth-order valence-electron chi connectivity index (χ4n) is 7.41. The first kappa shape index (κ1) is 42.3. The van der Waals surface area contributed by atoms with Gasteiger partial charge in [0.15, 0.2) is 0 Å². The molecule has 1 saturated heterocycles. The minimum Gasteiger partial charge on any atom is -0.488 e. The quantitative estimate of drug-likeness (QED) is 0.270. The number of sulfonamides is 1. The number of aromatic nitrogens is 2. The third-order valence-electron chi connectivity index (χ3n) is 11.5. The summed E-state index contributed by atoms with van der Waals surface area (Å²) >= 11 is 1.38. The predicted octanol–water partition coefficient (Wildman–Crippen LogP) is 5.92. The SMILES string of the molecule is Cc1cc(O[C@@H]2C[C@H]3C(=O)N[C@]4(C(=O)NS(=O)(=O)C5(C)CC5)C[C@H]4/C=C\CC[C@H](C)C[C@@H](C)[C@H](NC(=O)OC(C)(C)C(F)(F)F)C(=O)N3C2)cc(-c2cncs2)n1.[HH].[HH].[HH]. The molecule has 2 saturated carbocycles. The Bertz CT molecular complexity index is 2040. The summed E-state index contributed by atoms with van der Waals surface area (Å²) in [5, 5.41) is 5.19. The number of thiazole rings is 1. The Kier molecular flexibility index (Phi) is 11.5. The molecule has 2 aliphatic carbocycles. The molecule has 4 amide bonds. The molecule has 57 heavy (non-hydrogen) atoms. The number of halogens is 3. The van der Waals surface area contributed by atoms with Gasteiger partial charge in [0.25, 0.3) is 5.91 Å². The number of rotatable bonds is 8. The lowest BCUT2D eigenvalue weighted by molar-refractivity contribution is -0.244. The number of nitrogens with one attached hydrogen (secondary N) is 3. The molecule has 2 aromatic heterocycles. The Balaban J connectivity index is 0.00000320. The number of amides is 4. The van der Waals surface area contributed by atoms with E-state index in [-0.39, 0.29) is 29.6 Å². The molecular weight excluding hydrogens is 790 g/mol. The van der Waals surface area contributed by atoms with Crippen LogP contribution in [0, 0.1) is 24.7 Å². The molecule has 4 aliphatic rings. The molecule has 3 N–H and O–H groups in total. The van der Waals surface area contributed by atoms with Gasteiger partial charge in [0, 0.05) is 40.6 Å². The van der Waals surface area contributed by atoms with Gasteiger partial charge in [-0.15, -0.1) is 11.3 Å². The first-order valence-electron chi connectivity index (χ1n) is 19.0. The number of alkyl carbamates (subject to hydrolysis) is 1. The van der Waals surface area contributed by atoms with Gasteiger partial charge in [-0.1, -0.05) is 26.0 Å². The van der Waals surface area contributed by atoms with E-state index in [0.717, 1.165) is 4.88 Å². The number of hydrogen-bond donors (Lipinski definition) is 3. The smallest absolute Gasteiger partial charge is 0.427 e. The first-order valence-corrected chi connectivity index (χ1v) is 21.4. The topological polar surface area (TPSA) is 186 Å². The van der Waals surface area contributed by atoms with Crippen LogP contribution in [0.15, 0.2) is 36.0 Å². The molecule has 19 heteroatoms. The maximum atomic E-state index is 14.7. The molecule has 7 atom stereocenters. The standard InChI is InChI=1S/C38H49F3N6O8S2.3H2/c1-21-9-7-8-10-24-17-37(24,33(50)46-57(52,53)36(6)11-12-36)45-31(48)28-16-26(54-25-14-23(3)43-27(15-25)29-18-42-20-56-29)19-47(28)32(49)30(22(2)13-21)44-34(51)55-35(4,5)38(39,40)41;;;/h8,10,14-15,18,20-22,24,26,28,30H,7,9,11-13,16-17,19H2,1-6H3,(H,44,51)(H,45,48)(H,46,50);3*1H/b10-8-;;;/t21-,22+,24+,26+,28-,30-,37+;;;/m0.../s1. The number of pyridine rings is 1. The molecule has 318 valence electrons. The summed E-state index contributed by atoms with van der Waals surface area (Å²) in [6.07, 6.45) is 0.486. The van der Waals surface area contributed by atoms with E-state index < -0.39 is 85.9 Å². The van der Waals surface area contributed by atoms with Gasteiger partial charge in [-0.2, -0.15) is 13.2 Å². The zero-order valence-corrected chi connectivity index (χ0v) is 34.3. The molecule has 14 nitrogen and oxygen atoms in total. The zero-order chi connectivity index (χ0) is 41.7. The second-order valence-electron chi connectivity index (χ2n) is 16.7. The molecule has 0 spiro atoms. The number of aryl methyl sites for hydroxylation is 1. The van der Waals surface area contributed by atoms with Gasteiger partial charge in [-0.25, -0.2) is 13.2 Å². The largest absolute Gasteiger partial charge is 0.488 e. The Morgan fingerprint density at radius 3 is 2.51 bits per heavy atom. The molecule has 0 radical (unpaired) electrons. The maximum Gasteiger partial charge on any atom is 0.427 e. The molecule has 0 aromatic carbocycles. The Labute approximate surface area is 338 Å². The summed E-state index contributed by atoms with van der Waals surface area (Å²) in [7, 11) is -4.07. The van der Waals surface area contributed by atoms with Crippen LogP contribution in [-0.2, 0) is 29.1 Å². The zero-order valence-electron chi connectivity index (χ0n) is 32.6. The van der Waals surface area contributed by atoms with Crippen molar-refractivity contribution in [3.05, 3.63) is 41.7 Å². The summed E-state index contributed by atoms with van der Waals surface area (Å²) in [6, 6.07) is 0.679. The van der Waals surface area contributed by atoms with E-state index in [0.29, 0.717) is 63.1 Å². The Morgan fingerprint density at radius 1 is 1.14 bits per heavy atom. The second-order valence-corrected chi connectivity index (χ2v) is 19.8. The molecule has 4 heterocycles. The molecule has 0 bridgehead atoms. The van der Waals surface area contributed by atoms with Crippen LogP contribution >= 0.6 is 11.3 Å². The van der Waals surface area contributed by atoms with Gasteiger partial charge in [0.05, 0.1) is 27.4 Å². The lowest BCUT2D eigenvalue weighted by atomic mass is 9.88. The summed E-state index contributed by atoms with van der Waals surface area (Å²) in [6.45, 7) is 8.17. The van der Waals surface area contributed by atoms with Crippen LogP contribution < -0.4 is 20.1 Å². The predicted molar refractivity (Wildman–Crippen MR) is 209 cm³/mol. The van der Waals surface area contributed by atoms with Gasteiger partial charge in [0.1, 0.15) is 29.5 Å². The summed E-state index contributed by atoms with van der Waals surface area (Å²) < 4.78 is 79.8. The van der Waals surface area contributed by atoms with Crippen LogP contribution in [0.5, 0.6) is 5.75 Å². The van der Waals surface area contributed by atoms with Crippen LogP contribution in [0.2, 0.25) is 0 Å². The molecule has 0 unspecified atom stereocenters. The van der Waals surface area contributed by atoms with Crippen LogP contribution in [0.25, 0.3) is 10.6 Å². The number of carbonyl (C=O) groups is 4. The number of nitrogens with zero attached hydrogens (tertiary/aromatic N) is 3. The number of hydrogen-bond acceptors (Lipinski definition) is 11. The minimum absolute atomic E-state index is 0. The van der Waals surface area contributed by atoms with Crippen molar-refractivity contribution in [2.24, 2.45) is 17.8 Å². The highest BCUT2D eigenvalue weighted by molar-refractivity contribution is 7.91. The second kappa shape index (κ2) is 15.5. The van der Waals surface area contributed by atoms with E-state index in [4.69, 9.17) is 9.47 Å². The van der Waals surface area contributed by atoms with Crippen molar-refractivity contribution in [1.82, 2.24) is 30.2 Å². The summed E-state index contributed by atoms with van der Waals surface area (Å²) in [5.74, 6) is -3.21. The van der Waals surface area contributed by atoms with Gasteiger partial charge in [-0.3, -0.25) is 29.1 Å². The van der Waals surface area contributed by atoms with Crippen molar-refractivity contribution < 1.29 is 54.5 Å². The third kappa shape index (κ3) is 9.08. The number of ether oxygens (including phenoxy) is 2. The molecular formula is C38H55F3N6O8S2. The summed E-state index contributed by atoms with van der Waals surface area (Å²) in [5.41, 5.74) is -1.63. The van der Waals surface area contributed by atoms with Crippen LogP contribution in [0.3, 0.4) is 0 Å². The van der Waals surface area contributed by atoms with E-state index in [9.17, 15) is 40.8 Å². The van der Waals surface area contributed by atoms with Gasteiger partial charge >= 0.3 is 12.3 Å². The normalized spacial score (nSPS) is 29.7. The highest BCUT2D eigenvalue weighted by Gasteiger charge is 2.63. The van der Waals surface area contributed by atoms with Gasteiger partial charge < -0.3 is 25.0 Å². The fourth-order valence-corrected chi connectivity index (χ4v) is 9.30. The average Bonchev–Trinajstić information content (AvgIpc) is 3.85. The number of allylic oxidation sites excluding steroid dienone is 1. The van der Waals surface area contributed by atoms with Gasteiger partial charge in [-0.05, 0) is 78.1 Å². The maximum absolute atomic E-state index is 14.7. The van der Waals surface area contributed by atoms with Crippen molar-refractivity contribution >= 4 is 45.2 Å². The van der Waals surface area contributed by atoms with E-state index >= 15 is 0 Å². The Morgan fingerprint density at radius 2 is 1.86 bits per heavy atom. The molecule has 6 rings (SSSR count). The van der Waals surface area contributed by atoms with E-state index in [1.807, 2.05) is 13.0 Å². The number of fused-ring (bicyclic) bond motifs is 2. The van der Waals surface area contributed by atoms with Crippen LogP contribution in [0.1, 0.15) is 89.5 Å². The van der Waals surface area contributed by atoms with Crippen molar-refractivity contribution in [3.8, 4) is 16.3 Å². The van der Waals surface area contributed by atoms with Crippen molar-refractivity contribution in [2.75, 3.05) is 6.54 Å².